The molecule has 0 bridgehead atoms. The third-order valence-electron chi connectivity index (χ3n) is 5.22. The highest BCUT2D eigenvalue weighted by Crippen LogP contribution is 2.25. The van der Waals surface area contributed by atoms with Crippen LogP contribution in [-0.4, -0.2) is 34.0 Å². The van der Waals surface area contributed by atoms with Crippen LogP contribution in [0, 0.1) is 19.8 Å². The number of nitrogens with zero attached hydrogens (tertiary/aromatic N) is 3. The van der Waals surface area contributed by atoms with E-state index in [1.807, 2.05) is 36.2 Å². The monoisotopic (exact) mass is 349 g/mol. The molecule has 5 nitrogen and oxygen atoms in total. The van der Waals surface area contributed by atoms with Gasteiger partial charge in [-0.15, -0.1) is 0 Å². The first-order valence-corrected chi connectivity index (χ1v) is 9.17. The molecule has 1 unspecified atom stereocenters. The molecular weight excluding hydrogens is 326 g/mol. The minimum Gasteiger partial charge on any atom is -0.361 e. The number of para-hydroxylation sites is 1. The second-order valence-corrected chi connectivity index (χ2v) is 7.20. The van der Waals surface area contributed by atoms with Crippen LogP contribution in [0.2, 0.25) is 0 Å². The van der Waals surface area contributed by atoms with E-state index in [2.05, 4.69) is 22.3 Å². The summed E-state index contributed by atoms with van der Waals surface area (Å²) >= 11 is 0. The maximum atomic E-state index is 12.9. The Morgan fingerprint density at radius 3 is 2.96 bits per heavy atom. The third kappa shape index (κ3) is 3.21. The maximum Gasteiger partial charge on any atom is 0.259 e. The molecule has 3 heterocycles. The van der Waals surface area contributed by atoms with Gasteiger partial charge in [-0.1, -0.05) is 23.4 Å². The molecule has 1 aromatic carbocycles. The lowest BCUT2D eigenvalue weighted by Gasteiger charge is -2.33. The number of hydrogen-bond donors (Lipinski definition) is 0. The number of pyridine rings is 1. The van der Waals surface area contributed by atoms with Crippen LogP contribution < -0.4 is 0 Å². The predicted octanol–water partition coefficient (Wildman–Crippen LogP) is 3.93. The highest BCUT2D eigenvalue weighted by Gasteiger charge is 2.28. The van der Waals surface area contributed by atoms with Crippen molar-refractivity contribution in [3.63, 3.8) is 0 Å². The molecule has 2 aromatic heterocycles. The van der Waals surface area contributed by atoms with E-state index in [-0.39, 0.29) is 5.91 Å². The number of amides is 1. The molecule has 1 saturated heterocycles. The lowest BCUT2D eigenvalue weighted by atomic mass is 9.91. The van der Waals surface area contributed by atoms with E-state index in [9.17, 15) is 4.79 Å². The van der Waals surface area contributed by atoms with Gasteiger partial charge in [0.1, 0.15) is 11.3 Å². The summed E-state index contributed by atoms with van der Waals surface area (Å²) in [4.78, 5) is 19.4. The first-order chi connectivity index (χ1) is 12.6. The zero-order valence-electron chi connectivity index (χ0n) is 15.2. The van der Waals surface area contributed by atoms with Gasteiger partial charge in [-0.3, -0.25) is 9.78 Å². The highest BCUT2D eigenvalue weighted by molar-refractivity contribution is 5.96. The van der Waals surface area contributed by atoms with Crippen LogP contribution in [-0.2, 0) is 6.42 Å². The summed E-state index contributed by atoms with van der Waals surface area (Å²) in [7, 11) is 0. The molecule has 1 aliphatic rings. The fourth-order valence-electron chi connectivity index (χ4n) is 3.92. The summed E-state index contributed by atoms with van der Waals surface area (Å²) in [5, 5.41) is 5.09. The van der Waals surface area contributed by atoms with Crippen molar-refractivity contribution in [2.75, 3.05) is 13.1 Å². The van der Waals surface area contributed by atoms with E-state index in [4.69, 9.17) is 4.52 Å². The lowest BCUT2D eigenvalue weighted by Crippen LogP contribution is -2.40. The van der Waals surface area contributed by atoms with Crippen LogP contribution in [0.15, 0.2) is 41.1 Å². The van der Waals surface area contributed by atoms with Crippen molar-refractivity contribution >= 4 is 16.8 Å². The average molecular weight is 349 g/mol. The van der Waals surface area contributed by atoms with Gasteiger partial charge >= 0.3 is 0 Å². The fourth-order valence-corrected chi connectivity index (χ4v) is 3.92. The normalized spacial score (nSPS) is 17.6. The van der Waals surface area contributed by atoms with Crippen LogP contribution in [0.25, 0.3) is 10.9 Å². The Hall–Kier alpha value is -2.69. The van der Waals surface area contributed by atoms with Crippen molar-refractivity contribution in [2.45, 2.75) is 33.1 Å². The second-order valence-electron chi connectivity index (χ2n) is 7.20. The summed E-state index contributed by atoms with van der Waals surface area (Å²) in [5.74, 6) is 1.10. The molecule has 5 heteroatoms. The Labute approximate surface area is 153 Å². The van der Waals surface area contributed by atoms with E-state index < -0.39 is 0 Å². The van der Waals surface area contributed by atoms with Gasteiger partial charge < -0.3 is 9.42 Å². The molecular formula is C21H23N3O2. The average Bonchev–Trinajstić information content (AvgIpc) is 2.99. The van der Waals surface area contributed by atoms with Gasteiger partial charge in [0.05, 0.1) is 11.2 Å². The number of carbonyl (C=O) groups excluding carboxylic acids is 1. The number of rotatable bonds is 3. The molecule has 0 aliphatic carbocycles. The van der Waals surface area contributed by atoms with Gasteiger partial charge in [0.25, 0.3) is 5.91 Å². The number of carbonyl (C=O) groups is 1. The molecule has 1 atom stereocenters. The van der Waals surface area contributed by atoms with Crippen molar-refractivity contribution in [3.8, 4) is 0 Å². The Bertz CT molecular complexity index is 928. The number of benzene rings is 1. The lowest BCUT2D eigenvalue weighted by molar-refractivity contribution is 0.0671. The number of aryl methyl sites for hydroxylation is 2. The largest absolute Gasteiger partial charge is 0.361 e. The van der Waals surface area contributed by atoms with Crippen LogP contribution in [0.5, 0.6) is 0 Å². The first kappa shape index (κ1) is 16.8. The molecule has 1 amide bonds. The van der Waals surface area contributed by atoms with Gasteiger partial charge in [0.15, 0.2) is 0 Å². The van der Waals surface area contributed by atoms with E-state index in [0.29, 0.717) is 22.9 Å². The maximum absolute atomic E-state index is 12.9. The molecule has 3 aromatic rings. The molecule has 1 fully saturated rings. The molecule has 1 aliphatic heterocycles. The zero-order chi connectivity index (χ0) is 18.1. The summed E-state index contributed by atoms with van der Waals surface area (Å²) in [6.45, 7) is 5.20. The summed E-state index contributed by atoms with van der Waals surface area (Å²) in [6, 6.07) is 10.4. The molecule has 0 radical (unpaired) electrons. The molecule has 0 spiro atoms. The van der Waals surface area contributed by atoms with Crippen molar-refractivity contribution in [1.29, 1.82) is 0 Å². The molecule has 0 saturated carbocycles. The number of fused-ring (bicyclic) bond motifs is 1. The van der Waals surface area contributed by atoms with E-state index in [1.54, 1.807) is 6.92 Å². The van der Waals surface area contributed by atoms with Gasteiger partial charge in [-0.2, -0.15) is 0 Å². The van der Waals surface area contributed by atoms with Crippen LogP contribution >= 0.6 is 0 Å². The molecule has 26 heavy (non-hydrogen) atoms. The third-order valence-corrected chi connectivity index (χ3v) is 5.22. The second kappa shape index (κ2) is 6.90. The molecule has 0 N–H and O–H groups in total. The molecule has 134 valence electrons. The minimum atomic E-state index is 0.0441. The Kier molecular flexibility index (Phi) is 4.45. The van der Waals surface area contributed by atoms with Crippen molar-refractivity contribution in [2.24, 2.45) is 5.92 Å². The number of hydrogen-bond acceptors (Lipinski definition) is 4. The SMILES string of the molecule is Cc1noc(C)c1C(=O)N1CCCC(Cc2cnc3ccccc3c2)C1. The molecule has 4 rings (SSSR count). The fraction of sp³-hybridized carbons (Fsp3) is 0.381. The Balaban J connectivity index is 1.48. The number of likely N-dealkylation sites (tertiary alicyclic amines) is 1. The topological polar surface area (TPSA) is 59.2 Å². The van der Waals surface area contributed by atoms with Crippen LogP contribution in [0.4, 0.5) is 0 Å². The summed E-state index contributed by atoms with van der Waals surface area (Å²) < 4.78 is 5.16. The zero-order valence-corrected chi connectivity index (χ0v) is 15.2. The van der Waals surface area contributed by atoms with Crippen LogP contribution in [0.3, 0.4) is 0 Å². The van der Waals surface area contributed by atoms with Crippen molar-refractivity contribution < 1.29 is 9.32 Å². The van der Waals surface area contributed by atoms with Crippen molar-refractivity contribution in [1.82, 2.24) is 15.0 Å². The first-order valence-electron chi connectivity index (χ1n) is 9.17. The standard InChI is InChI=1S/C21H23N3O2/c1-14-20(15(2)26-23-14)21(25)24-9-5-6-16(13-24)10-17-11-18-7-3-4-8-19(18)22-12-17/h3-4,7-8,11-12,16H,5-6,9-10,13H2,1-2H3. The van der Waals surface area contributed by atoms with Gasteiger partial charge in [-0.25, -0.2) is 0 Å². The quantitative estimate of drug-likeness (QED) is 0.719. The van der Waals surface area contributed by atoms with E-state index in [0.717, 1.165) is 37.9 Å². The number of aromatic nitrogens is 2. The van der Waals surface area contributed by atoms with E-state index in [1.165, 1.54) is 10.9 Å². The summed E-state index contributed by atoms with van der Waals surface area (Å²) in [5.41, 5.74) is 3.56. The number of piperidine rings is 1. The summed E-state index contributed by atoms with van der Waals surface area (Å²) in [6.07, 6.45) is 5.08. The van der Waals surface area contributed by atoms with E-state index >= 15 is 0 Å². The smallest absolute Gasteiger partial charge is 0.259 e. The van der Waals surface area contributed by atoms with Crippen LogP contribution in [0.1, 0.15) is 40.2 Å². The minimum absolute atomic E-state index is 0.0441. The van der Waals surface area contributed by atoms with Crippen molar-refractivity contribution in [3.05, 3.63) is 59.1 Å². The van der Waals surface area contributed by atoms with Gasteiger partial charge in [-0.05, 0) is 56.7 Å². The Morgan fingerprint density at radius 2 is 2.15 bits per heavy atom. The Morgan fingerprint density at radius 1 is 1.31 bits per heavy atom. The highest BCUT2D eigenvalue weighted by atomic mass is 16.5. The predicted molar refractivity (Wildman–Crippen MR) is 100 cm³/mol. The van der Waals surface area contributed by atoms with Gasteiger partial charge in [0, 0.05) is 24.7 Å². The van der Waals surface area contributed by atoms with Gasteiger partial charge in [0.2, 0.25) is 0 Å².